The van der Waals surface area contributed by atoms with E-state index >= 15 is 0 Å². The number of hydrogen-bond acceptors (Lipinski definition) is 2. The van der Waals surface area contributed by atoms with Gasteiger partial charge in [0.2, 0.25) is 0 Å². The lowest BCUT2D eigenvalue weighted by atomic mass is 10.1. The van der Waals surface area contributed by atoms with Crippen LogP contribution >= 0.6 is 0 Å². The largest absolute Gasteiger partial charge is 0.275 e. The summed E-state index contributed by atoms with van der Waals surface area (Å²) in [7, 11) is 1.90. The predicted octanol–water partition coefficient (Wildman–Crippen LogP) is 2.73. The number of rotatable bonds is 3. The third-order valence-corrected chi connectivity index (χ3v) is 2.43. The monoisotopic (exact) mass is 213 g/mol. The molecular weight excluding hydrogens is 198 g/mol. The van der Waals surface area contributed by atoms with Crippen LogP contribution in [0.2, 0.25) is 0 Å². The standard InChI is InChI=1S/C13H15N3/c1-3-11-4-6-13(7-5-11)14-8-12-9-15-16(2)10-12/h4-10H,3H2,1-2H3. The summed E-state index contributed by atoms with van der Waals surface area (Å²) in [5, 5.41) is 4.08. The minimum absolute atomic E-state index is 0.973. The van der Waals surface area contributed by atoms with Gasteiger partial charge in [-0.25, -0.2) is 0 Å². The Morgan fingerprint density at radius 1 is 1.31 bits per heavy atom. The molecule has 1 heterocycles. The van der Waals surface area contributed by atoms with Crippen molar-refractivity contribution < 1.29 is 0 Å². The molecule has 0 aliphatic carbocycles. The molecule has 82 valence electrons. The van der Waals surface area contributed by atoms with Crippen LogP contribution in [-0.2, 0) is 13.5 Å². The number of benzene rings is 1. The minimum Gasteiger partial charge on any atom is -0.275 e. The van der Waals surface area contributed by atoms with Crippen molar-refractivity contribution in [3.05, 3.63) is 47.8 Å². The van der Waals surface area contributed by atoms with Crippen molar-refractivity contribution in [2.75, 3.05) is 0 Å². The Morgan fingerprint density at radius 2 is 2.06 bits per heavy atom. The maximum Gasteiger partial charge on any atom is 0.0630 e. The van der Waals surface area contributed by atoms with Crippen LogP contribution in [-0.4, -0.2) is 16.0 Å². The van der Waals surface area contributed by atoms with E-state index < -0.39 is 0 Å². The van der Waals surface area contributed by atoms with Gasteiger partial charge in [0.1, 0.15) is 0 Å². The first-order chi connectivity index (χ1) is 7.78. The minimum atomic E-state index is 0.973. The molecule has 16 heavy (non-hydrogen) atoms. The fourth-order valence-electron chi connectivity index (χ4n) is 1.47. The van der Waals surface area contributed by atoms with Crippen LogP contribution in [0.15, 0.2) is 41.7 Å². The van der Waals surface area contributed by atoms with Crippen LogP contribution in [0.1, 0.15) is 18.1 Å². The van der Waals surface area contributed by atoms with Crippen molar-refractivity contribution >= 4 is 11.9 Å². The van der Waals surface area contributed by atoms with Gasteiger partial charge in [0.05, 0.1) is 11.9 Å². The van der Waals surface area contributed by atoms with Crippen molar-refractivity contribution in [1.29, 1.82) is 0 Å². The van der Waals surface area contributed by atoms with Crippen molar-refractivity contribution in [3.8, 4) is 0 Å². The number of aromatic nitrogens is 2. The molecule has 0 fully saturated rings. The molecule has 1 aromatic heterocycles. The zero-order valence-corrected chi connectivity index (χ0v) is 9.59. The van der Waals surface area contributed by atoms with Crippen LogP contribution in [0.4, 0.5) is 5.69 Å². The number of hydrogen-bond donors (Lipinski definition) is 0. The number of aryl methyl sites for hydroxylation is 2. The molecule has 3 nitrogen and oxygen atoms in total. The average molecular weight is 213 g/mol. The Balaban J connectivity index is 2.11. The van der Waals surface area contributed by atoms with Gasteiger partial charge in [0.25, 0.3) is 0 Å². The summed E-state index contributed by atoms with van der Waals surface area (Å²) in [4.78, 5) is 4.39. The second-order valence-corrected chi connectivity index (χ2v) is 3.73. The molecule has 0 amide bonds. The number of aliphatic imine (C=N–C) groups is 1. The van der Waals surface area contributed by atoms with Gasteiger partial charge in [-0.1, -0.05) is 19.1 Å². The maximum absolute atomic E-state index is 4.39. The molecule has 0 bridgehead atoms. The summed E-state index contributed by atoms with van der Waals surface area (Å²) in [6.45, 7) is 2.15. The summed E-state index contributed by atoms with van der Waals surface area (Å²) in [5.41, 5.74) is 3.32. The van der Waals surface area contributed by atoms with E-state index in [-0.39, 0.29) is 0 Å². The summed E-state index contributed by atoms with van der Waals surface area (Å²) in [6.07, 6.45) is 6.62. The lowest BCUT2D eigenvalue weighted by Gasteiger charge is -1.96. The normalized spacial score (nSPS) is 11.1. The molecule has 0 spiro atoms. The SMILES string of the molecule is CCc1ccc(N=Cc2cnn(C)c2)cc1. The zero-order chi connectivity index (χ0) is 11.4. The van der Waals surface area contributed by atoms with Crippen LogP contribution in [0, 0.1) is 0 Å². The van der Waals surface area contributed by atoms with E-state index in [1.54, 1.807) is 10.9 Å². The van der Waals surface area contributed by atoms with Gasteiger partial charge < -0.3 is 0 Å². The first kappa shape index (κ1) is 10.6. The van der Waals surface area contributed by atoms with E-state index in [9.17, 15) is 0 Å². The summed E-state index contributed by atoms with van der Waals surface area (Å²) in [6, 6.07) is 8.28. The molecule has 0 aliphatic rings. The molecule has 1 aromatic carbocycles. The predicted molar refractivity (Wildman–Crippen MR) is 66.3 cm³/mol. The smallest absolute Gasteiger partial charge is 0.0630 e. The second-order valence-electron chi connectivity index (χ2n) is 3.73. The van der Waals surface area contributed by atoms with Gasteiger partial charge in [0, 0.05) is 25.0 Å². The van der Waals surface area contributed by atoms with Crippen LogP contribution in [0.3, 0.4) is 0 Å². The molecule has 0 radical (unpaired) electrons. The fourth-order valence-corrected chi connectivity index (χ4v) is 1.47. The van der Waals surface area contributed by atoms with Crippen molar-refractivity contribution in [3.63, 3.8) is 0 Å². The molecule has 0 aliphatic heterocycles. The zero-order valence-electron chi connectivity index (χ0n) is 9.59. The molecular formula is C13H15N3. The first-order valence-electron chi connectivity index (χ1n) is 5.39. The Hall–Kier alpha value is -1.90. The highest BCUT2D eigenvalue weighted by molar-refractivity contribution is 5.81. The molecule has 0 atom stereocenters. The Kier molecular flexibility index (Phi) is 3.15. The quantitative estimate of drug-likeness (QED) is 0.721. The van der Waals surface area contributed by atoms with Gasteiger partial charge in [-0.2, -0.15) is 5.10 Å². The molecule has 0 N–H and O–H groups in total. The van der Waals surface area contributed by atoms with Gasteiger partial charge >= 0.3 is 0 Å². The van der Waals surface area contributed by atoms with Crippen LogP contribution in [0.25, 0.3) is 0 Å². The van der Waals surface area contributed by atoms with Crippen molar-refractivity contribution in [2.45, 2.75) is 13.3 Å². The summed E-state index contributed by atoms with van der Waals surface area (Å²) in [5.74, 6) is 0. The lowest BCUT2D eigenvalue weighted by Crippen LogP contribution is -1.84. The highest BCUT2D eigenvalue weighted by Gasteiger charge is 1.92. The lowest BCUT2D eigenvalue weighted by molar-refractivity contribution is 0.767. The van der Waals surface area contributed by atoms with Crippen LogP contribution in [0.5, 0.6) is 0 Å². The first-order valence-corrected chi connectivity index (χ1v) is 5.39. The van der Waals surface area contributed by atoms with Crippen molar-refractivity contribution in [2.24, 2.45) is 12.0 Å². The van der Waals surface area contributed by atoms with E-state index in [0.29, 0.717) is 0 Å². The summed E-state index contributed by atoms with van der Waals surface area (Å²) >= 11 is 0. The van der Waals surface area contributed by atoms with Crippen LogP contribution < -0.4 is 0 Å². The van der Waals surface area contributed by atoms with Gasteiger partial charge in [-0.3, -0.25) is 9.67 Å². The topological polar surface area (TPSA) is 30.2 Å². The van der Waals surface area contributed by atoms with Gasteiger partial charge in [-0.15, -0.1) is 0 Å². The third kappa shape index (κ3) is 2.57. The molecule has 0 saturated carbocycles. The second kappa shape index (κ2) is 4.75. The van der Waals surface area contributed by atoms with Gasteiger partial charge in [0.15, 0.2) is 0 Å². The van der Waals surface area contributed by atoms with Crippen molar-refractivity contribution in [1.82, 2.24) is 9.78 Å². The molecule has 2 rings (SSSR count). The molecule has 3 heteroatoms. The third-order valence-electron chi connectivity index (χ3n) is 2.43. The summed E-state index contributed by atoms with van der Waals surface area (Å²) < 4.78 is 1.77. The molecule has 2 aromatic rings. The average Bonchev–Trinajstić information content (AvgIpc) is 2.73. The number of nitrogens with zero attached hydrogens (tertiary/aromatic N) is 3. The maximum atomic E-state index is 4.39. The highest BCUT2D eigenvalue weighted by atomic mass is 15.2. The van der Waals surface area contributed by atoms with E-state index in [1.807, 2.05) is 31.6 Å². The van der Waals surface area contributed by atoms with E-state index in [1.165, 1.54) is 5.56 Å². The molecule has 0 saturated heterocycles. The van der Waals surface area contributed by atoms with E-state index in [2.05, 4.69) is 29.1 Å². The van der Waals surface area contributed by atoms with Gasteiger partial charge in [-0.05, 0) is 24.1 Å². The van der Waals surface area contributed by atoms with E-state index in [4.69, 9.17) is 0 Å². The van der Waals surface area contributed by atoms with E-state index in [0.717, 1.165) is 17.7 Å². The Labute approximate surface area is 95.5 Å². The molecule has 0 unspecified atom stereocenters. The fraction of sp³-hybridized carbons (Fsp3) is 0.231. The highest BCUT2D eigenvalue weighted by Crippen LogP contribution is 2.13. The Bertz CT molecular complexity index is 480. The Morgan fingerprint density at radius 3 is 2.62 bits per heavy atom.